The number of anilines is 6. The normalized spacial score (nSPS) is 14.7. The molecule has 88 heavy (non-hydrogen) atoms. The third kappa shape index (κ3) is 7.02. The van der Waals surface area contributed by atoms with E-state index in [1.807, 2.05) is 42.5 Å². The summed E-state index contributed by atoms with van der Waals surface area (Å²) < 4.78 is 34.6. The molecule has 3 aliphatic rings. The zero-order valence-corrected chi connectivity index (χ0v) is 48.9. The van der Waals surface area contributed by atoms with E-state index in [2.05, 4.69) is 232 Å². The van der Waals surface area contributed by atoms with E-state index in [-0.39, 0.29) is 17.5 Å². The van der Waals surface area contributed by atoms with Crippen LogP contribution in [0.15, 0.2) is 254 Å². The molecule has 0 atom stereocenters. The molecule has 7 nitrogen and oxygen atoms in total. The molecular weight excluding hydrogens is 1080 g/mol. The van der Waals surface area contributed by atoms with Crippen molar-refractivity contribution in [1.82, 2.24) is 0 Å². The Morgan fingerprint density at radius 1 is 0.375 bits per heavy atom. The van der Waals surface area contributed by atoms with Gasteiger partial charge in [-0.1, -0.05) is 155 Å². The van der Waals surface area contributed by atoms with Crippen molar-refractivity contribution in [3.05, 3.63) is 248 Å². The van der Waals surface area contributed by atoms with Crippen molar-refractivity contribution in [2.75, 3.05) is 9.80 Å². The Morgan fingerprint density at radius 2 is 0.955 bits per heavy atom. The minimum absolute atomic E-state index is 0.0402. The zero-order valence-electron chi connectivity index (χ0n) is 48.9. The van der Waals surface area contributed by atoms with Crippen LogP contribution in [0.5, 0.6) is 11.5 Å². The summed E-state index contributed by atoms with van der Waals surface area (Å²) in [5.74, 6) is 1.59. The molecule has 0 spiro atoms. The minimum atomic E-state index is -0.211. The second kappa shape index (κ2) is 17.9. The van der Waals surface area contributed by atoms with Crippen molar-refractivity contribution >= 4 is 145 Å². The van der Waals surface area contributed by atoms with Crippen molar-refractivity contribution in [3.63, 3.8) is 0 Å². The van der Waals surface area contributed by atoms with E-state index in [4.69, 9.17) is 22.4 Å². The topological polar surface area (TPSA) is 68.3 Å². The van der Waals surface area contributed by atoms with Crippen molar-refractivity contribution in [2.45, 2.75) is 51.4 Å². The molecule has 0 saturated carbocycles. The Morgan fingerprint density at radius 3 is 1.67 bits per heavy atom. The van der Waals surface area contributed by atoms with E-state index < -0.39 is 0 Å². The SMILES string of the molecule is CC1(C)CCC(C)(C)c2c(N3c4cc(N(c5ccccc5)c5ccccc5)ccc4B4c5ccc(-c6cc7oc8ccccc8c7c7c6oc6ccccc67)cc5Oc5cc(-c6ccc7c(c6)oc6ccc8oc9ccccc9c8c67)cc3c54)cccc21. The maximum atomic E-state index is 7.61. The predicted molar refractivity (Wildman–Crippen MR) is 362 cm³/mol. The standard InChI is InChI=1S/C80H55BN2O5/c1-79(2)38-39-80(3,4)76-57(79)25-17-26-60(76)83-61-44-51(82(49-18-7-5-8-19-49)50-20-9-6-10-21-50)32-35-58(61)81-59-34-31-47(56-45-70-74(53-23-12-15-28-64(53)85-70)75-54-24-13-16-29-65(54)88-78(56)75)42-69(59)87-71-43-48(40-62(83)77(71)81)46-30-33-55-68(41-46)86-67-37-36-66-72(73(55)67)52-22-11-14-27-63(52)84-66/h5-37,40-45H,38-39H2,1-4H3. The first kappa shape index (κ1) is 49.6. The van der Waals surface area contributed by atoms with Gasteiger partial charge in [-0.2, -0.15) is 0 Å². The summed E-state index contributed by atoms with van der Waals surface area (Å²) in [5.41, 5.74) is 23.1. The average molecular weight is 1140 g/mol. The summed E-state index contributed by atoms with van der Waals surface area (Å²) in [4.78, 5) is 4.98. The number of hydrogen-bond acceptors (Lipinski definition) is 7. The average Bonchev–Trinajstić information content (AvgIpc) is 0.776. The van der Waals surface area contributed by atoms with Gasteiger partial charge < -0.3 is 32.2 Å². The molecule has 0 radical (unpaired) electrons. The Kier molecular flexibility index (Phi) is 10.1. The quantitative estimate of drug-likeness (QED) is 0.154. The molecule has 16 aromatic rings. The molecule has 0 amide bonds. The van der Waals surface area contributed by atoms with Crippen LogP contribution < -0.4 is 30.9 Å². The monoisotopic (exact) mass is 1130 g/mol. The molecule has 6 heterocycles. The molecule has 0 unspecified atom stereocenters. The van der Waals surface area contributed by atoms with Crippen LogP contribution in [0, 0.1) is 0 Å². The van der Waals surface area contributed by atoms with Gasteiger partial charge in [-0.05, 0) is 177 Å². The molecule has 0 saturated heterocycles. The zero-order chi connectivity index (χ0) is 58.3. The van der Waals surface area contributed by atoms with Crippen LogP contribution in [-0.4, -0.2) is 6.71 Å². The highest BCUT2D eigenvalue weighted by atomic mass is 16.5. The molecule has 12 aromatic carbocycles. The molecule has 0 bridgehead atoms. The Labute approximate surface area is 507 Å². The summed E-state index contributed by atoms with van der Waals surface area (Å²) in [6.45, 7) is 9.52. The molecule has 418 valence electrons. The Hall–Kier alpha value is -10.7. The van der Waals surface area contributed by atoms with Crippen LogP contribution in [0.4, 0.5) is 34.1 Å². The molecule has 0 N–H and O–H groups in total. The highest BCUT2D eigenvalue weighted by molar-refractivity contribution is 6.99. The maximum absolute atomic E-state index is 7.61. The number of hydrogen-bond donors (Lipinski definition) is 0. The van der Waals surface area contributed by atoms with Crippen LogP contribution >= 0.6 is 0 Å². The van der Waals surface area contributed by atoms with Gasteiger partial charge >= 0.3 is 0 Å². The number of fused-ring (bicyclic) bond motifs is 19. The van der Waals surface area contributed by atoms with Crippen molar-refractivity contribution in [2.24, 2.45) is 0 Å². The summed E-state index contributed by atoms with van der Waals surface area (Å²) in [7, 11) is 0. The molecular formula is C80H55BN2O5. The number of furan rings is 4. The first-order chi connectivity index (χ1) is 43.1. The van der Waals surface area contributed by atoms with Gasteiger partial charge in [-0.25, -0.2) is 0 Å². The lowest BCUT2D eigenvalue weighted by molar-refractivity contribution is 0.332. The summed E-state index contributed by atoms with van der Waals surface area (Å²) in [6.07, 6.45) is 2.16. The third-order valence-electron chi connectivity index (χ3n) is 19.7. The molecule has 19 rings (SSSR count). The second-order valence-electron chi connectivity index (χ2n) is 25.7. The number of rotatable bonds is 6. The minimum Gasteiger partial charge on any atom is -0.458 e. The fraction of sp³-hybridized carbons (Fsp3) is 0.100. The van der Waals surface area contributed by atoms with Crippen molar-refractivity contribution in [1.29, 1.82) is 0 Å². The van der Waals surface area contributed by atoms with E-state index in [0.29, 0.717) is 0 Å². The van der Waals surface area contributed by atoms with Crippen molar-refractivity contribution < 1.29 is 22.4 Å². The highest BCUT2D eigenvalue weighted by Crippen LogP contribution is 2.55. The Balaban J connectivity index is 0.879. The van der Waals surface area contributed by atoms with Crippen LogP contribution in [-0.2, 0) is 10.8 Å². The summed E-state index contributed by atoms with van der Waals surface area (Å²) in [5, 5.41) is 8.45. The molecule has 8 heteroatoms. The predicted octanol–water partition coefficient (Wildman–Crippen LogP) is 20.8. The lowest BCUT2D eigenvalue weighted by atomic mass is 9.34. The van der Waals surface area contributed by atoms with Gasteiger partial charge in [0, 0.05) is 77.1 Å². The lowest BCUT2D eigenvalue weighted by Gasteiger charge is -2.47. The highest BCUT2D eigenvalue weighted by Gasteiger charge is 2.46. The second-order valence-corrected chi connectivity index (χ2v) is 25.7. The van der Waals surface area contributed by atoms with Gasteiger partial charge in [0.15, 0.2) is 0 Å². The van der Waals surface area contributed by atoms with Crippen LogP contribution in [0.1, 0.15) is 51.7 Å². The molecule has 4 aromatic heterocycles. The summed E-state index contributed by atoms with van der Waals surface area (Å²) >= 11 is 0. The molecule has 1 aliphatic carbocycles. The van der Waals surface area contributed by atoms with Crippen LogP contribution in [0.2, 0.25) is 0 Å². The number of nitrogens with zero attached hydrogens (tertiary/aromatic N) is 2. The largest absolute Gasteiger partial charge is 0.458 e. The Bertz CT molecular complexity index is 5610. The number of benzene rings is 12. The first-order valence-corrected chi connectivity index (χ1v) is 30.6. The number of para-hydroxylation sites is 5. The third-order valence-corrected chi connectivity index (χ3v) is 19.7. The van der Waals surface area contributed by atoms with Gasteiger partial charge in [-0.15, -0.1) is 0 Å². The van der Waals surface area contributed by atoms with E-state index >= 15 is 0 Å². The summed E-state index contributed by atoms with van der Waals surface area (Å²) in [6, 6.07) is 85.0. The van der Waals surface area contributed by atoms with Crippen LogP contribution in [0.25, 0.3) is 110 Å². The lowest BCUT2D eigenvalue weighted by Crippen LogP contribution is -2.59. The fourth-order valence-corrected chi connectivity index (χ4v) is 15.5. The van der Waals surface area contributed by atoms with Gasteiger partial charge in [0.1, 0.15) is 56.2 Å². The van der Waals surface area contributed by atoms with Gasteiger partial charge in [0.05, 0.1) is 5.69 Å². The first-order valence-electron chi connectivity index (χ1n) is 30.6. The smallest absolute Gasteiger partial charge is 0.256 e. The van der Waals surface area contributed by atoms with E-state index in [1.165, 1.54) is 22.3 Å². The van der Waals surface area contributed by atoms with Gasteiger partial charge in [0.2, 0.25) is 0 Å². The van der Waals surface area contributed by atoms with Gasteiger partial charge in [-0.3, -0.25) is 0 Å². The van der Waals surface area contributed by atoms with E-state index in [1.54, 1.807) is 0 Å². The van der Waals surface area contributed by atoms with E-state index in [9.17, 15) is 0 Å². The molecule has 0 fully saturated rings. The van der Waals surface area contributed by atoms with Crippen LogP contribution in [0.3, 0.4) is 0 Å². The van der Waals surface area contributed by atoms with Gasteiger partial charge in [0.25, 0.3) is 6.71 Å². The number of ether oxygens (including phenoxy) is 1. The fourth-order valence-electron chi connectivity index (χ4n) is 15.5. The molecule has 2 aliphatic heterocycles. The van der Waals surface area contributed by atoms with Crippen molar-refractivity contribution in [3.8, 4) is 33.8 Å². The van der Waals surface area contributed by atoms with E-state index in [0.717, 1.165) is 174 Å². The maximum Gasteiger partial charge on any atom is 0.256 e.